The van der Waals surface area contributed by atoms with Crippen LogP contribution in [-0.2, 0) is 9.53 Å². The molecule has 3 rings (SSSR count). The molecule has 0 N–H and O–H groups in total. The summed E-state index contributed by atoms with van der Waals surface area (Å²) in [5, 5.41) is 0. The van der Waals surface area contributed by atoms with Crippen molar-refractivity contribution in [1.82, 2.24) is 0 Å². The van der Waals surface area contributed by atoms with Crippen LogP contribution in [0, 0.1) is 5.92 Å². The van der Waals surface area contributed by atoms with Gasteiger partial charge < -0.3 is 14.2 Å². The van der Waals surface area contributed by atoms with Crippen LogP contribution in [0.15, 0.2) is 56.0 Å². The van der Waals surface area contributed by atoms with Crippen LogP contribution < -0.4 is 9.47 Å². The van der Waals surface area contributed by atoms with Crippen molar-refractivity contribution >= 4 is 49.8 Å². The number of nitrogens with zero attached hydrogens (tertiary/aromatic N) is 1. The molecular formula is C22H21Br2NO4. The molecule has 2 aromatic carbocycles. The minimum absolute atomic E-state index is 0.230. The fourth-order valence-corrected chi connectivity index (χ4v) is 3.45. The minimum Gasteiger partial charge on any atom is -0.490 e. The van der Waals surface area contributed by atoms with Gasteiger partial charge in [-0.3, -0.25) is 0 Å². The predicted molar refractivity (Wildman–Crippen MR) is 120 cm³/mol. The van der Waals surface area contributed by atoms with Crippen molar-refractivity contribution in [2.45, 2.75) is 20.8 Å². The van der Waals surface area contributed by atoms with E-state index >= 15 is 0 Å². The average Bonchev–Trinajstić information content (AvgIpc) is 3.02. The molecule has 0 radical (unpaired) electrons. The van der Waals surface area contributed by atoms with Gasteiger partial charge in [0.05, 0.1) is 17.7 Å². The quantitative estimate of drug-likeness (QED) is 0.331. The van der Waals surface area contributed by atoms with Crippen molar-refractivity contribution in [3.8, 4) is 11.5 Å². The molecule has 0 saturated heterocycles. The standard InChI is InChI=1S/C22H21Br2NO4/c1-4-27-19-11-14(9-17(24)20(19)28-12-13(2)3)10-18-22(26)29-21(25-18)15-5-7-16(23)8-6-15/h5-11,13H,4,12H2,1-3H3/b18-10-. The van der Waals surface area contributed by atoms with Gasteiger partial charge in [0.15, 0.2) is 17.2 Å². The van der Waals surface area contributed by atoms with Gasteiger partial charge in [-0.15, -0.1) is 0 Å². The third-order valence-corrected chi connectivity index (χ3v) is 5.03. The van der Waals surface area contributed by atoms with Crippen molar-refractivity contribution in [2.24, 2.45) is 10.9 Å². The van der Waals surface area contributed by atoms with Gasteiger partial charge in [-0.05, 0) is 76.8 Å². The summed E-state index contributed by atoms with van der Waals surface area (Å²) in [6.45, 7) is 7.15. The van der Waals surface area contributed by atoms with Gasteiger partial charge in [0.1, 0.15) is 0 Å². The first-order chi connectivity index (χ1) is 13.9. The van der Waals surface area contributed by atoms with Gasteiger partial charge in [0.25, 0.3) is 0 Å². The highest BCUT2D eigenvalue weighted by Gasteiger charge is 2.24. The summed E-state index contributed by atoms with van der Waals surface area (Å²) in [6, 6.07) is 11.1. The van der Waals surface area contributed by atoms with Crippen LogP contribution in [-0.4, -0.2) is 25.1 Å². The summed E-state index contributed by atoms with van der Waals surface area (Å²) in [5.74, 6) is 1.44. The number of benzene rings is 2. The largest absolute Gasteiger partial charge is 0.490 e. The fourth-order valence-electron chi connectivity index (χ4n) is 2.61. The molecule has 0 aliphatic carbocycles. The van der Waals surface area contributed by atoms with Crippen molar-refractivity contribution in [2.75, 3.05) is 13.2 Å². The number of hydrogen-bond donors (Lipinski definition) is 0. The van der Waals surface area contributed by atoms with E-state index in [0.29, 0.717) is 30.6 Å². The van der Waals surface area contributed by atoms with Gasteiger partial charge in [-0.2, -0.15) is 0 Å². The molecule has 1 heterocycles. The number of cyclic esters (lactones) is 1. The number of carbonyl (C=O) groups is 1. The van der Waals surface area contributed by atoms with Crippen LogP contribution in [0.2, 0.25) is 0 Å². The Kier molecular flexibility index (Phi) is 7.14. The Morgan fingerprint density at radius 2 is 1.86 bits per heavy atom. The predicted octanol–water partition coefficient (Wildman–Crippen LogP) is 5.99. The molecule has 0 atom stereocenters. The summed E-state index contributed by atoms with van der Waals surface area (Å²) >= 11 is 6.93. The summed E-state index contributed by atoms with van der Waals surface area (Å²) < 4.78 is 18.7. The van der Waals surface area contributed by atoms with Crippen molar-refractivity contribution in [1.29, 1.82) is 0 Å². The maximum Gasteiger partial charge on any atom is 0.363 e. The van der Waals surface area contributed by atoms with E-state index in [4.69, 9.17) is 14.2 Å². The van der Waals surface area contributed by atoms with Crippen LogP contribution in [0.25, 0.3) is 6.08 Å². The molecule has 29 heavy (non-hydrogen) atoms. The van der Waals surface area contributed by atoms with E-state index in [-0.39, 0.29) is 11.6 Å². The van der Waals surface area contributed by atoms with Crippen molar-refractivity contribution in [3.63, 3.8) is 0 Å². The topological polar surface area (TPSA) is 57.1 Å². The molecule has 0 spiro atoms. The second-order valence-electron chi connectivity index (χ2n) is 6.81. The molecule has 0 aromatic heterocycles. The normalized spacial score (nSPS) is 14.9. The number of hydrogen-bond acceptors (Lipinski definition) is 5. The lowest BCUT2D eigenvalue weighted by Gasteiger charge is -2.16. The second-order valence-corrected chi connectivity index (χ2v) is 8.58. The molecule has 0 bridgehead atoms. The molecule has 0 fully saturated rings. The molecule has 1 aliphatic heterocycles. The smallest absolute Gasteiger partial charge is 0.363 e. The van der Waals surface area contributed by atoms with Gasteiger partial charge in [0, 0.05) is 10.0 Å². The third kappa shape index (κ3) is 5.48. The highest BCUT2D eigenvalue weighted by Crippen LogP contribution is 2.38. The summed E-state index contributed by atoms with van der Waals surface area (Å²) in [4.78, 5) is 16.6. The Balaban J connectivity index is 1.92. The number of halogens is 2. The minimum atomic E-state index is -0.489. The Bertz CT molecular complexity index is 966. The number of ether oxygens (including phenoxy) is 3. The third-order valence-electron chi connectivity index (χ3n) is 3.91. The van der Waals surface area contributed by atoms with Crippen molar-refractivity contribution < 1.29 is 19.0 Å². The molecular weight excluding hydrogens is 502 g/mol. The lowest BCUT2D eigenvalue weighted by atomic mass is 10.1. The number of rotatable bonds is 7. The van der Waals surface area contributed by atoms with Crippen LogP contribution in [0.1, 0.15) is 31.9 Å². The Labute approximate surface area is 187 Å². The summed E-state index contributed by atoms with van der Waals surface area (Å²) in [6.07, 6.45) is 1.67. The average molecular weight is 523 g/mol. The van der Waals surface area contributed by atoms with E-state index < -0.39 is 5.97 Å². The van der Waals surface area contributed by atoms with E-state index in [2.05, 4.69) is 50.7 Å². The SMILES string of the molecule is CCOc1cc(/C=C2\N=C(c3ccc(Br)cc3)OC2=O)cc(Br)c1OCC(C)C. The van der Waals surface area contributed by atoms with E-state index in [1.807, 2.05) is 43.3 Å². The molecule has 0 saturated carbocycles. The molecule has 7 heteroatoms. The van der Waals surface area contributed by atoms with E-state index in [0.717, 1.165) is 20.1 Å². The van der Waals surface area contributed by atoms with Crippen LogP contribution in [0.5, 0.6) is 11.5 Å². The monoisotopic (exact) mass is 521 g/mol. The van der Waals surface area contributed by atoms with E-state index in [9.17, 15) is 4.79 Å². The molecule has 5 nitrogen and oxygen atoms in total. The zero-order valence-electron chi connectivity index (χ0n) is 16.4. The highest BCUT2D eigenvalue weighted by molar-refractivity contribution is 9.10. The molecule has 0 unspecified atom stereocenters. The number of carbonyl (C=O) groups excluding carboxylic acids is 1. The zero-order valence-corrected chi connectivity index (χ0v) is 19.5. The maximum atomic E-state index is 12.3. The summed E-state index contributed by atoms with van der Waals surface area (Å²) in [5.41, 5.74) is 1.72. The van der Waals surface area contributed by atoms with Crippen LogP contribution >= 0.6 is 31.9 Å². The Morgan fingerprint density at radius 3 is 2.52 bits per heavy atom. The van der Waals surface area contributed by atoms with E-state index in [1.54, 1.807) is 6.08 Å². The lowest BCUT2D eigenvalue weighted by Crippen LogP contribution is -2.07. The van der Waals surface area contributed by atoms with Gasteiger partial charge in [-0.1, -0.05) is 29.8 Å². The first-order valence-corrected chi connectivity index (χ1v) is 10.8. The van der Waals surface area contributed by atoms with Crippen molar-refractivity contribution in [3.05, 3.63) is 62.2 Å². The molecule has 2 aromatic rings. The first-order valence-electron chi connectivity index (χ1n) is 9.25. The zero-order chi connectivity index (χ0) is 21.0. The van der Waals surface area contributed by atoms with Gasteiger partial charge in [-0.25, -0.2) is 9.79 Å². The Morgan fingerprint density at radius 1 is 1.14 bits per heavy atom. The van der Waals surface area contributed by atoms with E-state index in [1.165, 1.54) is 0 Å². The number of aliphatic imine (C=N–C) groups is 1. The van der Waals surface area contributed by atoms with Crippen LogP contribution in [0.3, 0.4) is 0 Å². The first kappa shape index (κ1) is 21.6. The lowest BCUT2D eigenvalue weighted by molar-refractivity contribution is -0.129. The summed E-state index contributed by atoms with van der Waals surface area (Å²) in [7, 11) is 0. The molecule has 0 amide bonds. The van der Waals surface area contributed by atoms with Gasteiger partial charge in [0.2, 0.25) is 5.90 Å². The maximum absolute atomic E-state index is 12.3. The second kappa shape index (κ2) is 9.59. The van der Waals surface area contributed by atoms with Gasteiger partial charge >= 0.3 is 5.97 Å². The highest BCUT2D eigenvalue weighted by atomic mass is 79.9. The number of esters is 1. The fraction of sp³-hybridized carbons (Fsp3) is 0.273. The Hall–Kier alpha value is -2.12. The molecule has 152 valence electrons. The van der Waals surface area contributed by atoms with Crippen LogP contribution in [0.4, 0.5) is 0 Å². The molecule has 1 aliphatic rings.